The van der Waals surface area contributed by atoms with E-state index in [0.29, 0.717) is 12.8 Å². The van der Waals surface area contributed by atoms with Gasteiger partial charge in [-0.2, -0.15) is 0 Å². The summed E-state index contributed by atoms with van der Waals surface area (Å²) in [6, 6.07) is 0. The van der Waals surface area contributed by atoms with Crippen LogP contribution in [0.5, 0.6) is 0 Å². The second-order valence-corrected chi connectivity index (χ2v) is 3.32. The maximum atomic E-state index is 9.33. The van der Waals surface area contributed by atoms with Gasteiger partial charge in [0.2, 0.25) is 0 Å². The van der Waals surface area contributed by atoms with E-state index in [-0.39, 0.29) is 6.10 Å². The fourth-order valence-electron chi connectivity index (χ4n) is 0.851. The van der Waals surface area contributed by atoms with E-state index in [1.54, 1.807) is 29.1 Å². The van der Waals surface area contributed by atoms with Gasteiger partial charge in [-0.15, -0.1) is 17.9 Å². The van der Waals surface area contributed by atoms with Gasteiger partial charge in [0.1, 0.15) is 0 Å². The summed E-state index contributed by atoms with van der Waals surface area (Å²) in [5.41, 5.74) is 1.77. The first-order chi connectivity index (χ1) is 5.33. The van der Waals surface area contributed by atoms with Gasteiger partial charge in [0.05, 0.1) is 11.6 Å². The van der Waals surface area contributed by atoms with E-state index in [2.05, 4.69) is 11.6 Å². The normalized spacial score (nSPS) is 12.8. The Morgan fingerprint density at radius 2 is 2.64 bits per heavy atom. The molecule has 0 saturated heterocycles. The minimum atomic E-state index is -0.298. The topological polar surface area (TPSA) is 33.1 Å². The summed E-state index contributed by atoms with van der Waals surface area (Å²) >= 11 is 1.57. The summed E-state index contributed by atoms with van der Waals surface area (Å²) in [4.78, 5) is 5.04. The molecule has 0 spiro atoms. The molecule has 1 aromatic rings. The molecule has 0 aromatic carbocycles. The van der Waals surface area contributed by atoms with Crippen molar-refractivity contribution in [2.45, 2.75) is 18.9 Å². The second kappa shape index (κ2) is 4.26. The van der Waals surface area contributed by atoms with Gasteiger partial charge in [0.15, 0.2) is 0 Å². The molecule has 60 valence electrons. The lowest BCUT2D eigenvalue weighted by Crippen LogP contribution is -2.07. The largest absolute Gasteiger partial charge is 0.392 e. The summed E-state index contributed by atoms with van der Waals surface area (Å²) in [5, 5.41) is 9.33. The van der Waals surface area contributed by atoms with Crippen molar-refractivity contribution in [3.8, 4) is 0 Å². The van der Waals surface area contributed by atoms with Gasteiger partial charge in [0, 0.05) is 17.5 Å². The molecule has 3 heteroatoms. The molecule has 0 fully saturated rings. The molecular weight excluding hydrogens is 158 g/mol. The number of thiazole rings is 1. The standard InChI is InChI=1S/C8H11NOS/c1-2-3-7(10)4-8-5-9-6-11-8/h2,5-7,10H,1,3-4H2. The molecule has 0 bridgehead atoms. The Bertz CT molecular complexity index is 208. The fourth-order valence-corrected chi connectivity index (χ4v) is 1.52. The third-order valence-corrected chi connectivity index (χ3v) is 2.16. The molecule has 0 saturated carbocycles. The molecule has 0 radical (unpaired) electrons. The van der Waals surface area contributed by atoms with Crippen molar-refractivity contribution in [1.29, 1.82) is 0 Å². The Hall–Kier alpha value is -0.670. The number of rotatable bonds is 4. The molecule has 0 aliphatic rings. The molecule has 1 unspecified atom stereocenters. The average molecular weight is 169 g/mol. The van der Waals surface area contributed by atoms with Crippen molar-refractivity contribution in [3.63, 3.8) is 0 Å². The van der Waals surface area contributed by atoms with Crippen LogP contribution >= 0.6 is 11.3 Å². The van der Waals surface area contributed by atoms with Crippen molar-refractivity contribution in [2.75, 3.05) is 0 Å². The van der Waals surface area contributed by atoms with Crippen LogP contribution in [0, 0.1) is 0 Å². The Kier molecular flexibility index (Phi) is 3.26. The first-order valence-electron chi connectivity index (χ1n) is 3.49. The molecule has 2 nitrogen and oxygen atoms in total. The monoisotopic (exact) mass is 169 g/mol. The molecule has 1 atom stereocenters. The van der Waals surface area contributed by atoms with Crippen molar-refractivity contribution < 1.29 is 5.11 Å². The van der Waals surface area contributed by atoms with E-state index < -0.39 is 0 Å². The highest BCUT2D eigenvalue weighted by molar-refractivity contribution is 7.09. The lowest BCUT2D eigenvalue weighted by atomic mass is 10.2. The smallest absolute Gasteiger partial charge is 0.0794 e. The zero-order valence-corrected chi connectivity index (χ0v) is 7.05. The molecule has 0 aliphatic heterocycles. The average Bonchev–Trinajstić information content (AvgIpc) is 2.40. The summed E-state index contributed by atoms with van der Waals surface area (Å²) < 4.78 is 0. The first kappa shape index (κ1) is 8.43. The maximum Gasteiger partial charge on any atom is 0.0794 e. The van der Waals surface area contributed by atoms with E-state index in [0.717, 1.165) is 4.88 Å². The summed E-state index contributed by atoms with van der Waals surface area (Å²) in [5.74, 6) is 0. The molecule has 0 aliphatic carbocycles. The zero-order valence-electron chi connectivity index (χ0n) is 6.23. The third kappa shape index (κ3) is 2.82. The van der Waals surface area contributed by atoms with Gasteiger partial charge in [0.25, 0.3) is 0 Å². The van der Waals surface area contributed by atoms with Crippen LogP contribution in [0.3, 0.4) is 0 Å². The second-order valence-electron chi connectivity index (χ2n) is 2.35. The summed E-state index contributed by atoms with van der Waals surface area (Å²) in [7, 11) is 0. The van der Waals surface area contributed by atoms with E-state index >= 15 is 0 Å². The van der Waals surface area contributed by atoms with E-state index in [9.17, 15) is 5.11 Å². The van der Waals surface area contributed by atoms with Crippen LogP contribution in [0.2, 0.25) is 0 Å². The van der Waals surface area contributed by atoms with Crippen LogP contribution in [0.15, 0.2) is 24.4 Å². The SMILES string of the molecule is C=CCC(O)Cc1cncs1. The van der Waals surface area contributed by atoms with Crippen molar-refractivity contribution >= 4 is 11.3 Å². The van der Waals surface area contributed by atoms with Crippen LogP contribution in [0.1, 0.15) is 11.3 Å². The van der Waals surface area contributed by atoms with Crippen molar-refractivity contribution in [1.82, 2.24) is 4.98 Å². The van der Waals surface area contributed by atoms with Crippen LogP contribution < -0.4 is 0 Å². The third-order valence-electron chi connectivity index (χ3n) is 1.36. The predicted molar refractivity (Wildman–Crippen MR) is 46.6 cm³/mol. The Morgan fingerprint density at radius 3 is 3.18 bits per heavy atom. The van der Waals surface area contributed by atoms with Crippen LogP contribution in [-0.2, 0) is 6.42 Å². The van der Waals surface area contributed by atoms with Crippen LogP contribution in [0.4, 0.5) is 0 Å². The van der Waals surface area contributed by atoms with Gasteiger partial charge in [-0.05, 0) is 6.42 Å². The van der Waals surface area contributed by atoms with Gasteiger partial charge in [-0.3, -0.25) is 4.98 Å². The van der Waals surface area contributed by atoms with Crippen molar-refractivity contribution in [3.05, 3.63) is 29.2 Å². The van der Waals surface area contributed by atoms with Gasteiger partial charge in [-0.1, -0.05) is 6.08 Å². The van der Waals surface area contributed by atoms with Gasteiger partial charge >= 0.3 is 0 Å². The lowest BCUT2D eigenvalue weighted by molar-refractivity contribution is 0.179. The lowest BCUT2D eigenvalue weighted by Gasteiger charge is -2.03. The summed E-state index contributed by atoms with van der Waals surface area (Å²) in [6.45, 7) is 3.56. The number of nitrogens with zero attached hydrogens (tertiary/aromatic N) is 1. The molecule has 11 heavy (non-hydrogen) atoms. The van der Waals surface area contributed by atoms with E-state index in [1.165, 1.54) is 0 Å². The molecule has 1 rings (SSSR count). The molecule has 1 aromatic heterocycles. The fraction of sp³-hybridized carbons (Fsp3) is 0.375. The summed E-state index contributed by atoms with van der Waals surface area (Å²) in [6.07, 6.45) is 4.56. The molecule has 1 N–H and O–H groups in total. The minimum Gasteiger partial charge on any atom is -0.392 e. The zero-order chi connectivity index (χ0) is 8.10. The quantitative estimate of drug-likeness (QED) is 0.695. The van der Waals surface area contributed by atoms with Gasteiger partial charge in [-0.25, -0.2) is 0 Å². The molecule has 0 amide bonds. The number of aliphatic hydroxyl groups excluding tert-OH is 1. The predicted octanol–water partition coefficient (Wildman–Crippen LogP) is 1.62. The number of aromatic nitrogens is 1. The Labute approximate surface area is 70.2 Å². The molecular formula is C8H11NOS. The highest BCUT2D eigenvalue weighted by Gasteiger charge is 2.03. The minimum absolute atomic E-state index is 0.298. The van der Waals surface area contributed by atoms with Gasteiger partial charge < -0.3 is 5.11 Å². The Morgan fingerprint density at radius 1 is 1.82 bits per heavy atom. The number of hydrogen-bond donors (Lipinski definition) is 1. The Balaban J connectivity index is 2.37. The first-order valence-corrected chi connectivity index (χ1v) is 4.37. The highest BCUT2D eigenvalue weighted by Crippen LogP contribution is 2.10. The van der Waals surface area contributed by atoms with Crippen LogP contribution in [-0.4, -0.2) is 16.2 Å². The highest BCUT2D eigenvalue weighted by atomic mass is 32.1. The van der Waals surface area contributed by atoms with Crippen molar-refractivity contribution in [2.24, 2.45) is 0 Å². The maximum absolute atomic E-state index is 9.33. The number of hydrogen-bond acceptors (Lipinski definition) is 3. The number of aliphatic hydroxyl groups is 1. The van der Waals surface area contributed by atoms with E-state index in [4.69, 9.17) is 0 Å². The van der Waals surface area contributed by atoms with E-state index in [1.807, 2.05) is 0 Å². The molecule has 1 heterocycles. The van der Waals surface area contributed by atoms with Crippen LogP contribution in [0.25, 0.3) is 0 Å².